The van der Waals surface area contributed by atoms with E-state index in [2.05, 4.69) is 42.1 Å². The summed E-state index contributed by atoms with van der Waals surface area (Å²) in [5, 5.41) is 9.06. The van der Waals surface area contributed by atoms with Crippen LogP contribution in [0.5, 0.6) is 0 Å². The summed E-state index contributed by atoms with van der Waals surface area (Å²) in [7, 11) is 0. The minimum atomic E-state index is -0.185. The van der Waals surface area contributed by atoms with Crippen molar-refractivity contribution in [3.63, 3.8) is 0 Å². The lowest BCUT2D eigenvalue weighted by Gasteiger charge is -2.28. The van der Waals surface area contributed by atoms with Gasteiger partial charge < -0.3 is 0 Å². The van der Waals surface area contributed by atoms with Crippen molar-refractivity contribution in [1.29, 1.82) is 0 Å². The lowest BCUT2D eigenvalue weighted by atomic mass is 9.81. The maximum Gasteiger partial charge on any atom is 0.239 e. The standard InChI is InChI=1S/C12H11Br2N3O2S/c1-3-15-16-12(20-3)17-10(18)6-4-2-5(7(6)11(17)19)9(14)8(4)13/h4-9H,2H2,1H3/t4-,5-,6-,7+,8-,9+/m1/s1. The first-order valence-electron chi connectivity index (χ1n) is 6.46. The molecule has 0 N–H and O–H groups in total. The third kappa shape index (κ3) is 1.53. The van der Waals surface area contributed by atoms with Crippen molar-refractivity contribution in [2.75, 3.05) is 4.90 Å². The van der Waals surface area contributed by atoms with E-state index in [4.69, 9.17) is 0 Å². The number of amides is 2. The van der Waals surface area contributed by atoms with Gasteiger partial charge in [-0.05, 0) is 25.2 Å². The van der Waals surface area contributed by atoms with Gasteiger partial charge in [-0.3, -0.25) is 9.59 Å². The predicted molar refractivity (Wildman–Crippen MR) is 81.1 cm³/mol. The molecule has 106 valence electrons. The summed E-state index contributed by atoms with van der Waals surface area (Å²) < 4.78 is 0. The molecule has 3 fully saturated rings. The van der Waals surface area contributed by atoms with Gasteiger partial charge in [0, 0.05) is 9.65 Å². The monoisotopic (exact) mass is 419 g/mol. The summed E-state index contributed by atoms with van der Waals surface area (Å²) in [6.45, 7) is 1.82. The Morgan fingerprint density at radius 2 is 1.65 bits per heavy atom. The molecule has 1 saturated heterocycles. The Balaban J connectivity index is 1.74. The molecule has 1 aromatic heterocycles. The van der Waals surface area contributed by atoms with Crippen molar-refractivity contribution in [3.05, 3.63) is 5.01 Å². The van der Waals surface area contributed by atoms with Crippen molar-refractivity contribution in [3.8, 4) is 0 Å². The summed E-state index contributed by atoms with van der Waals surface area (Å²) in [6, 6.07) is 0. The van der Waals surface area contributed by atoms with E-state index >= 15 is 0 Å². The Bertz CT molecular complexity index is 590. The first kappa shape index (κ1) is 13.3. The zero-order chi connectivity index (χ0) is 14.2. The van der Waals surface area contributed by atoms with Crippen molar-refractivity contribution in [2.45, 2.75) is 23.0 Å². The van der Waals surface area contributed by atoms with Crippen molar-refractivity contribution in [1.82, 2.24) is 10.2 Å². The number of nitrogens with zero attached hydrogens (tertiary/aromatic N) is 3. The molecule has 2 heterocycles. The minimum absolute atomic E-state index is 0.0903. The van der Waals surface area contributed by atoms with Crippen molar-refractivity contribution >= 4 is 60.1 Å². The maximum absolute atomic E-state index is 12.7. The number of carbonyl (C=O) groups excluding carboxylic acids is 2. The first-order valence-corrected chi connectivity index (χ1v) is 9.11. The van der Waals surface area contributed by atoms with E-state index in [1.165, 1.54) is 16.2 Å². The molecule has 5 nitrogen and oxygen atoms in total. The van der Waals surface area contributed by atoms with Gasteiger partial charge in [-0.25, -0.2) is 4.90 Å². The summed E-state index contributed by atoms with van der Waals surface area (Å²) in [5.74, 6) is -0.0700. The molecule has 2 bridgehead atoms. The number of fused-ring (bicyclic) bond motifs is 5. The van der Waals surface area contributed by atoms with Gasteiger partial charge in [0.1, 0.15) is 5.01 Å². The Morgan fingerprint density at radius 3 is 2.10 bits per heavy atom. The number of alkyl halides is 2. The van der Waals surface area contributed by atoms with Crippen LogP contribution in [0.1, 0.15) is 11.4 Å². The lowest BCUT2D eigenvalue weighted by molar-refractivity contribution is -0.123. The predicted octanol–water partition coefficient (Wildman–Crippen LogP) is 2.13. The quantitative estimate of drug-likeness (QED) is 0.515. The molecular weight excluding hydrogens is 410 g/mol. The van der Waals surface area contributed by atoms with Gasteiger partial charge in [-0.1, -0.05) is 43.2 Å². The number of carbonyl (C=O) groups is 2. The van der Waals surface area contributed by atoms with Crippen LogP contribution in [0.2, 0.25) is 0 Å². The van der Waals surface area contributed by atoms with E-state index in [0.717, 1.165) is 11.4 Å². The van der Waals surface area contributed by atoms with Gasteiger partial charge in [-0.2, -0.15) is 0 Å². The van der Waals surface area contributed by atoms with Crippen LogP contribution in [0.3, 0.4) is 0 Å². The van der Waals surface area contributed by atoms with Crippen LogP contribution in [-0.2, 0) is 9.59 Å². The molecule has 2 aliphatic carbocycles. The SMILES string of the molecule is Cc1nnc(N2C(=O)[C@@H]3[C@H]4C[C@@H]([C@H](Br)[C@@H]4Br)[C@@H]3C2=O)s1. The Kier molecular flexibility index (Phi) is 2.89. The molecule has 1 aliphatic heterocycles. The van der Waals surface area contributed by atoms with Crippen LogP contribution >= 0.6 is 43.2 Å². The molecule has 0 unspecified atom stereocenters. The second-order valence-corrected chi connectivity index (χ2v) is 8.89. The van der Waals surface area contributed by atoms with Crippen LogP contribution in [0.4, 0.5) is 5.13 Å². The van der Waals surface area contributed by atoms with Crippen LogP contribution in [0, 0.1) is 30.6 Å². The fourth-order valence-corrected chi connectivity index (χ4v) is 6.49. The lowest BCUT2D eigenvalue weighted by Crippen LogP contribution is -2.37. The second kappa shape index (κ2) is 4.33. The number of hydrogen-bond donors (Lipinski definition) is 0. The van der Waals surface area contributed by atoms with Gasteiger partial charge in [0.2, 0.25) is 16.9 Å². The number of rotatable bonds is 1. The molecule has 20 heavy (non-hydrogen) atoms. The molecule has 8 heteroatoms. The Labute approximate surface area is 136 Å². The van der Waals surface area contributed by atoms with Crippen molar-refractivity contribution in [2.24, 2.45) is 23.7 Å². The minimum Gasteiger partial charge on any atom is -0.274 e. The number of anilines is 1. The van der Waals surface area contributed by atoms with E-state index in [1.807, 2.05) is 6.92 Å². The molecule has 0 spiro atoms. The highest BCUT2D eigenvalue weighted by molar-refractivity contribution is 9.12. The number of imide groups is 1. The molecular formula is C12H11Br2N3O2S. The second-order valence-electron chi connectivity index (χ2n) is 5.62. The summed E-state index contributed by atoms with van der Waals surface area (Å²) in [4.78, 5) is 27.1. The summed E-state index contributed by atoms with van der Waals surface area (Å²) in [6.07, 6.45) is 0.946. The van der Waals surface area contributed by atoms with Crippen LogP contribution in [-0.4, -0.2) is 31.7 Å². The van der Waals surface area contributed by atoms with E-state index in [-0.39, 0.29) is 45.1 Å². The molecule has 0 radical (unpaired) electrons. The summed E-state index contributed by atoms with van der Waals surface area (Å²) in [5.41, 5.74) is 0. The molecule has 0 aromatic carbocycles. The molecule has 2 amide bonds. The van der Waals surface area contributed by atoms with Crippen LogP contribution in [0.15, 0.2) is 0 Å². The first-order chi connectivity index (χ1) is 9.50. The average molecular weight is 421 g/mol. The zero-order valence-electron chi connectivity index (χ0n) is 10.5. The van der Waals surface area contributed by atoms with E-state index in [9.17, 15) is 9.59 Å². The highest BCUT2D eigenvalue weighted by Crippen LogP contribution is 2.60. The molecule has 4 rings (SSSR count). The number of hydrogen-bond acceptors (Lipinski definition) is 5. The average Bonchev–Trinajstić information content (AvgIpc) is 3.10. The van der Waals surface area contributed by atoms with E-state index in [1.54, 1.807) is 0 Å². The smallest absolute Gasteiger partial charge is 0.239 e. The Hall–Kier alpha value is -0.340. The van der Waals surface area contributed by atoms with E-state index < -0.39 is 0 Å². The topological polar surface area (TPSA) is 63.2 Å². The van der Waals surface area contributed by atoms with Gasteiger partial charge in [-0.15, -0.1) is 10.2 Å². The van der Waals surface area contributed by atoms with E-state index in [0.29, 0.717) is 5.13 Å². The maximum atomic E-state index is 12.7. The van der Waals surface area contributed by atoms with Gasteiger partial charge in [0.15, 0.2) is 0 Å². The normalized spacial score (nSPS) is 42.6. The molecule has 6 atom stereocenters. The van der Waals surface area contributed by atoms with Crippen molar-refractivity contribution < 1.29 is 9.59 Å². The Morgan fingerprint density at radius 1 is 1.10 bits per heavy atom. The summed E-state index contributed by atoms with van der Waals surface area (Å²) >= 11 is 8.64. The van der Waals surface area contributed by atoms with Crippen LogP contribution < -0.4 is 4.90 Å². The fourth-order valence-electron chi connectivity index (χ4n) is 3.91. The van der Waals surface area contributed by atoms with Gasteiger partial charge >= 0.3 is 0 Å². The number of halogens is 2. The third-order valence-corrected chi connectivity index (χ3v) is 8.72. The number of aromatic nitrogens is 2. The fraction of sp³-hybridized carbons (Fsp3) is 0.667. The molecule has 3 aliphatic rings. The molecule has 2 saturated carbocycles. The third-order valence-electron chi connectivity index (χ3n) is 4.69. The van der Waals surface area contributed by atoms with Crippen LogP contribution in [0.25, 0.3) is 0 Å². The zero-order valence-corrected chi connectivity index (χ0v) is 14.5. The number of aryl methyl sites for hydroxylation is 1. The van der Waals surface area contributed by atoms with Gasteiger partial charge in [0.25, 0.3) is 0 Å². The largest absolute Gasteiger partial charge is 0.274 e. The highest BCUT2D eigenvalue weighted by Gasteiger charge is 2.66. The highest BCUT2D eigenvalue weighted by atomic mass is 79.9. The molecule has 1 aromatic rings. The van der Waals surface area contributed by atoms with Gasteiger partial charge in [0.05, 0.1) is 11.8 Å².